The number of pyridine rings is 1. The van der Waals surface area contributed by atoms with Crippen LogP contribution in [0.1, 0.15) is 45.7 Å². The van der Waals surface area contributed by atoms with E-state index in [0.717, 1.165) is 44.0 Å². The average molecular weight is 319 g/mol. The Hall–Kier alpha value is -1.78. The van der Waals surface area contributed by atoms with Crippen molar-refractivity contribution in [3.63, 3.8) is 0 Å². The number of hydrogen-bond acceptors (Lipinski definition) is 4. The summed E-state index contributed by atoms with van der Waals surface area (Å²) < 4.78 is 5.47. The Morgan fingerprint density at radius 2 is 2.22 bits per heavy atom. The van der Waals surface area contributed by atoms with Crippen molar-refractivity contribution in [2.24, 2.45) is 5.92 Å². The van der Waals surface area contributed by atoms with Gasteiger partial charge in [-0.3, -0.25) is 0 Å². The number of nitrogens with one attached hydrogen (secondary N) is 1. The molecule has 1 aliphatic heterocycles. The number of aryl methyl sites for hydroxylation is 1. The average Bonchev–Trinajstić information content (AvgIpc) is 2.46. The number of amides is 1. The molecular weight excluding hydrogens is 290 g/mol. The summed E-state index contributed by atoms with van der Waals surface area (Å²) in [6, 6.07) is 5.99. The Bertz CT molecular complexity index is 525. The first-order valence-electron chi connectivity index (χ1n) is 8.49. The van der Waals surface area contributed by atoms with Crippen LogP contribution in [0.2, 0.25) is 0 Å². The third kappa shape index (κ3) is 6.08. The second-order valence-electron chi connectivity index (χ2n) is 7.31. The fourth-order valence-electron chi connectivity index (χ4n) is 2.84. The van der Waals surface area contributed by atoms with Gasteiger partial charge in [-0.25, -0.2) is 9.78 Å². The molecule has 1 aromatic heterocycles. The van der Waals surface area contributed by atoms with Gasteiger partial charge in [0.15, 0.2) is 0 Å². The van der Waals surface area contributed by atoms with Crippen molar-refractivity contribution in [2.45, 2.75) is 52.6 Å². The summed E-state index contributed by atoms with van der Waals surface area (Å²) >= 11 is 0. The number of likely N-dealkylation sites (tertiary alicyclic amines) is 1. The van der Waals surface area contributed by atoms with E-state index in [1.165, 1.54) is 6.42 Å². The predicted octanol–water partition coefficient (Wildman–Crippen LogP) is 3.84. The van der Waals surface area contributed by atoms with E-state index in [4.69, 9.17) is 4.74 Å². The Morgan fingerprint density at radius 3 is 2.91 bits per heavy atom. The monoisotopic (exact) mass is 319 g/mol. The van der Waals surface area contributed by atoms with Crippen molar-refractivity contribution in [1.82, 2.24) is 9.88 Å². The van der Waals surface area contributed by atoms with Gasteiger partial charge in [0.25, 0.3) is 0 Å². The molecule has 0 aromatic carbocycles. The zero-order valence-corrected chi connectivity index (χ0v) is 14.8. The van der Waals surface area contributed by atoms with Crippen molar-refractivity contribution in [3.05, 3.63) is 23.9 Å². The third-order valence-corrected chi connectivity index (χ3v) is 3.92. The largest absolute Gasteiger partial charge is 0.444 e. The van der Waals surface area contributed by atoms with Crippen LogP contribution in [0.25, 0.3) is 0 Å². The van der Waals surface area contributed by atoms with Crippen LogP contribution in [0.5, 0.6) is 0 Å². The summed E-state index contributed by atoms with van der Waals surface area (Å²) in [5, 5.41) is 3.37. The molecule has 1 fully saturated rings. The van der Waals surface area contributed by atoms with E-state index in [2.05, 4.69) is 10.3 Å². The number of rotatable bonds is 4. The van der Waals surface area contributed by atoms with Gasteiger partial charge in [0.2, 0.25) is 0 Å². The smallest absolute Gasteiger partial charge is 0.410 e. The maximum absolute atomic E-state index is 12.2. The van der Waals surface area contributed by atoms with E-state index >= 15 is 0 Å². The third-order valence-electron chi connectivity index (χ3n) is 3.92. The number of carbonyl (C=O) groups excluding carboxylic acids is 1. The Labute approximate surface area is 139 Å². The topological polar surface area (TPSA) is 54.5 Å². The quantitative estimate of drug-likeness (QED) is 0.916. The molecule has 1 aromatic rings. The Kier molecular flexibility index (Phi) is 5.85. The van der Waals surface area contributed by atoms with Crippen molar-refractivity contribution in [3.8, 4) is 0 Å². The van der Waals surface area contributed by atoms with E-state index < -0.39 is 5.60 Å². The lowest BCUT2D eigenvalue weighted by Gasteiger charge is -2.34. The highest BCUT2D eigenvalue weighted by atomic mass is 16.6. The zero-order chi connectivity index (χ0) is 16.9. The second-order valence-corrected chi connectivity index (χ2v) is 7.31. The molecule has 0 aliphatic carbocycles. The number of nitrogens with zero attached hydrogens (tertiary/aromatic N) is 2. The van der Waals surface area contributed by atoms with Crippen molar-refractivity contribution < 1.29 is 9.53 Å². The number of hydrogen-bond donors (Lipinski definition) is 1. The lowest BCUT2D eigenvalue weighted by atomic mass is 9.95. The van der Waals surface area contributed by atoms with Gasteiger partial charge in [-0.05, 0) is 65.0 Å². The second kappa shape index (κ2) is 7.66. The molecule has 1 saturated heterocycles. The van der Waals surface area contributed by atoms with Crippen LogP contribution < -0.4 is 5.32 Å². The lowest BCUT2D eigenvalue weighted by molar-refractivity contribution is 0.0163. The molecule has 0 radical (unpaired) electrons. The number of carbonyl (C=O) groups is 1. The minimum Gasteiger partial charge on any atom is -0.444 e. The summed E-state index contributed by atoms with van der Waals surface area (Å²) in [6.45, 7) is 10.2. The molecule has 2 heterocycles. The van der Waals surface area contributed by atoms with Crippen LogP contribution in [0.4, 0.5) is 10.6 Å². The van der Waals surface area contributed by atoms with Crippen LogP contribution in [0.15, 0.2) is 18.2 Å². The van der Waals surface area contributed by atoms with Crippen molar-refractivity contribution in [1.29, 1.82) is 0 Å². The zero-order valence-electron chi connectivity index (χ0n) is 14.8. The van der Waals surface area contributed by atoms with Crippen molar-refractivity contribution in [2.75, 3.05) is 25.0 Å². The number of aromatic nitrogens is 1. The molecule has 5 heteroatoms. The van der Waals surface area contributed by atoms with Crippen LogP contribution >= 0.6 is 0 Å². The van der Waals surface area contributed by atoms with Gasteiger partial charge in [-0.15, -0.1) is 0 Å². The fourth-order valence-corrected chi connectivity index (χ4v) is 2.84. The highest BCUT2D eigenvalue weighted by Crippen LogP contribution is 2.21. The SMILES string of the molecule is Cc1cccc(NCCC2CCCN(C(=O)OC(C)(C)C)C2)n1. The molecular formula is C18H29N3O2. The van der Waals surface area contributed by atoms with Gasteiger partial charge in [-0.2, -0.15) is 0 Å². The van der Waals surface area contributed by atoms with Gasteiger partial charge in [0, 0.05) is 25.3 Å². The van der Waals surface area contributed by atoms with E-state index in [1.807, 2.05) is 50.8 Å². The molecule has 1 unspecified atom stereocenters. The van der Waals surface area contributed by atoms with Gasteiger partial charge in [-0.1, -0.05) is 6.07 Å². The summed E-state index contributed by atoms with van der Waals surface area (Å²) in [7, 11) is 0. The molecule has 128 valence electrons. The highest BCUT2D eigenvalue weighted by molar-refractivity contribution is 5.68. The van der Waals surface area contributed by atoms with E-state index in [0.29, 0.717) is 5.92 Å². The molecule has 0 bridgehead atoms. The van der Waals surface area contributed by atoms with Crippen LogP contribution in [-0.4, -0.2) is 41.2 Å². The van der Waals surface area contributed by atoms with Crippen LogP contribution in [0, 0.1) is 12.8 Å². The molecule has 0 saturated carbocycles. The van der Waals surface area contributed by atoms with E-state index in [-0.39, 0.29) is 6.09 Å². The maximum atomic E-state index is 12.2. The number of piperidine rings is 1. The van der Waals surface area contributed by atoms with Crippen molar-refractivity contribution >= 4 is 11.9 Å². The normalized spacial score (nSPS) is 18.6. The minimum atomic E-state index is -0.428. The van der Waals surface area contributed by atoms with Crippen LogP contribution in [-0.2, 0) is 4.74 Å². The highest BCUT2D eigenvalue weighted by Gasteiger charge is 2.27. The lowest BCUT2D eigenvalue weighted by Crippen LogP contribution is -2.43. The predicted molar refractivity (Wildman–Crippen MR) is 92.6 cm³/mol. The summed E-state index contributed by atoms with van der Waals surface area (Å²) in [5.41, 5.74) is 0.589. The van der Waals surface area contributed by atoms with E-state index in [1.54, 1.807) is 0 Å². The van der Waals surface area contributed by atoms with E-state index in [9.17, 15) is 4.79 Å². The fraction of sp³-hybridized carbons (Fsp3) is 0.667. The Balaban J connectivity index is 1.76. The first-order valence-corrected chi connectivity index (χ1v) is 8.49. The summed E-state index contributed by atoms with van der Waals surface area (Å²) in [4.78, 5) is 18.5. The summed E-state index contributed by atoms with van der Waals surface area (Å²) in [5.74, 6) is 1.44. The first-order chi connectivity index (χ1) is 10.8. The number of ether oxygens (including phenoxy) is 1. The number of anilines is 1. The molecule has 5 nitrogen and oxygen atoms in total. The minimum absolute atomic E-state index is 0.185. The van der Waals surface area contributed by atoms with Crippen LogP contribution in [0.3, 0.4) is 0 Å². The van der Waals surface area contributed by atoms with Gasteiger partial charge >= 0.3 is 6.09 Å². The molecule has 1 atom stereocenters. The maximum Gasteiger partial charge on any atom is 0.410 e. The van der Waals surface area contributed by atoms with Gasteiger partial charge < -0.3 is 15.0 Å². The first kappa shape index (κ1) is 17.6. The molecule has 1 aliphatic rings. The molecule has 1 amide bonds. The Morgan fingerprint density at radius 1 is 1.43 bits per heavy atom. The van der Waals surface area contributed by atoms with Gasteiger partial charge in [0.05, 0.1) is 0 Å². The molecule has 1 N–H and O–H groups in total. The van der Waals surface area contributed by atoms with Gasteiger partial charge in [0.1, 0.15) is 11.4 Å². The summed E-state index contributed by atoms with van der Waals surface area (Å²) in [6.07, 6.45) is 3.07. The standard InChI is InChI=1S/C18H29N3O2/c1-14-7-5-9-16(20-14)19-11-10-15-8-6-12-21(13-15)17(22)23-18(2,3)4/h5,7,9,15H,6,8,10-13H2,1-4H3,(H,19,20). The molecule has 23 heavy (non-hydrogen) atoms. The molecule has 0 spiro atoms. The molecule has 2 rings (SSSR count).